The summed E-state index contributed by atoms with van der Waals surface area (Å²) in [6.07, 6.45) is 2.29. The fourth-order valence-electron chi connectivity index (χ4n) is 2.20. The van der Waals surface area contributed by atoms with Gasteiger partial charge >= 0.3 is 0 Å². The topological polar surface area (TPSA) is 55.5 Å². The number of aliphatic hydroxyl groups excluding tert-OH is 1. The molecule has 3 nitrogen and oxygen atoms in total. The Morgan fingerprint density at radius 2 is 1.59 bits per heavy atom. The van der Waals surface area contributed by atoms with E-state index in [4.69, 9.17) is 10.5 Å². The van der Waals surface area contributed by atoms with Crippen LogP contribution in [-0.4, -0.2) is 11.2 Å². The van der Waals surface area contributed by atoms with E-state index in [0.717, 1.165) is 36.3 Å². The van der Waals surface area contributed by atoms with Gasteiger partial charge in [-0.1, -0.05) is 50.1 Å². The maximum Gasteiger partial charge on any atom is 0.127 e. The molecule has 0 fully saturated rings. The highest BCUT2D eigenvalue weighted by Gasteiger charge is 2.16. The van der Waals surface area contributed by atoms with E-state index in [1.54, 1.807) is 0 Å². The Morgan fingerprint density at radius 3 is 2.18 bits per heavy atom. The van der Waals surface area contributed by atoms with Crippen molar-refractivity contribution in [3.63, 3.8) is 0 Å². The molecular weight excluding hydrogens is 298 g/mol. The van der Waals surface area contributed by atoms with Gasteiger partial charge in [0.05, 0.1) is 12.1 Å². The van der Waals surface area contributed by atoms with Crippen LogP contribution in [0.5, 0.6) is 11.5 Å². The van der Waals surface area contributed by atoms with Gasteiger partial charge in [-0.15, -0.1) is 12.4 Å². The second-order valence-corrected chi connectivity index (χ2v) is 5.22. The third-order valence-corrected chi connectivity index (χ3v) is 3.51. The molecule has 2 aromatic carbocycles. The van der Waals surface area contributed by atoms with Crippen molar-refractivity contribution in [3.05, 3.63) is 60.2 Å². The molecule has 0 saturated heterocycles. The van der Waals surface area contributed by atoms with Gasteiger partial charge in [-0.3, -0.25) is 0 Å². The van der Waals surface area contributed by atoms with Crippen LogP contribution in [-0.2, 0) is 0 Å². The van der Waals surface area contributed by atoms with Gasteiger partial charge in [0.2, 0.25) is 0 Å². The number of aliphatic hydroxyl groups is 1. The largest absolute Gasteiger partial charge is 0.457 e. The summed E-state index contributed by atoms with van der Waals surface area (Å²) in [6.45, 7) is 2.11. The number of nitrogens with two attached hydrogens (primary N) is 1. The van der Waals surface area contributed by atoms with E-state index >= 15 is 0 Å². The van der Waals surface area contributed by atoms with Gasteiger partial charge in [0, 0.05) is 0 Å². The molecule has 0 aliphatic rings. The van der Waals surface area contributed by atoms with E-state index in [9.17, 15) is 5.11 Å². The molecule has 0 aliphatic carbocycles. The lowest BCUT2D eigenvalue weighted by molar-refractivity contribution is 0.132. The number of ether oxygens (including phenoxy) is 1. The maximum absolute atomic E-state index is 10.1. The molecule has 120 valence electrons. The van der Waals surface area contributed by atoms with Crippen LogP contribution in [0.2, 0.25) is 0 Å². The molecule has 0 aromatic heterocycles. The molecule has 22 heavy (non-hydrogen) atoms. The van der Waals surface area contributed by atoms with Crippen LogP contribution in [0.4, 0.5) is 0 Å². The molecule has 0 spiro atoms. The first kappa shape index (κ1) is 18.5. The summed E-state index contributed by atoms with van der Waals surface area (Å²) in [5.74, 6) is 1.57. The first-order valence-corrected chi connectivity index (χ1v) is 7.47. The quantitative estimate of drug-likeness (QED) is 0.792. The number of unbranched alkanes of at least 4 members (excludes halogenated alkanes) is 1. The number of hydrogen-bond acceptors (Lipinski definition) is 3. The van der Waals surface area contributed by atoms with Crippen LogP contribution in [0.15, 0.2) is 54.6 Å². The molecule has 2 atom stereocenters. The fourth-order valence-corrected chi connectivity index (χ4v) is 2.20. The van der Waals surface area contributed by atoms with E-state index in [-0.39, 0.29) is 18.4 Å². The molecular formula is C18H24ClNO2. The van der Waals surface area contributed by atoms with Crippen molar-refractivity contribution in [2.75, 3.05) is 0 Å². The first-order valence-electron chi connectivity index (χ1n) is 7.47. The van der Waals surface area contributed by atoms with E-state index in [1.807, 2.05) is 54.6 Å². The number of para-hydroxylation sites is 1. The van der Waals surface area contributed by atoms with Crippen LogP contribution in [0.3, 0.4) is 0 Å². The summed E-state index contributed by atoms with van der Waals surface area (Å²) in [5, 5.41) is 10.1. The average Bonchev–Trinajstić information content (AvgIpc) is 2.53. The summed E-state index contributed by atoms with van der Waals surface area (Å²) in [4.78, 5) is 0. The Bertz CT molecular complexity index is 531. The van der Waals surface area contributed by atoms with E-state index < -0.39 is 6.10 Å². The molecule has 0 amide bonds. The van der Waals surface area contributed by atoms with Crippen molar-refractivity contribution in [2.45, 2.75) is 38.3 Å². The van der Waals surface area contributed by atoms with E-state index in [0.29, 0.717) is 0 Å². The van der Waals surface area contributed by atoms with Crippen molar-refractivity contribution in [3.8, 4) is 11.5 Å². The predicted molar refractivity (Wildman–Crippen MR) is 92.7 cm³/mol. The monoisotopic (exact) mass is 321 g/mol. The molecule has 0 unspecified atom stereocenters. The summed E-state index contributed by atoms with van der Waals surface area (Å²) < 4.78 is 5.74. The second-order valence-electron chi connectivity index (χ2n) is 5.22. The van der Waals surface area contributed by atoms with Crippen LogP contribution >= 0.6 is 12.4 Å². The summed E-state index contributed by atoms with van der Waals surface area (Å²) in [7, 11) is 0. The van der Waals surface area contributed by atoms with Gasteiger partial charge < -0.3 is 15.6 Å². The second kappa shape index (κ2) is 9.46. The minimum atomic E-state index is -0.495. The van der Waals surface area contributed by atoms with Crippen LogP contribution in [0.25, 0.3) is 0 Å². The van der Waals surface area contributed by atoms with E-state index in [1.165, 1.54) is 0 Å². The zero-order valence-corrected chi connectivity index (χ0v) is 13.6. The number of benzene rings is 2. The maximum atomic E-state index is 10.1. The summed E-state index contributed by atoms with van der Waals surface area (Å²) >= 11 is 0. The van der Waals surface area contributed by atoms with Gasteiger partial charge in [-0.05, 0) is 36.2 Å². The molecule has 0 heterocycles. The van der Waals surface area contributed by atoms with Crippen LogP contribution in [0, 0.1) is 0 Å². The van der Waals surface area contributed by atoms with Crippen molar-refractivity contribution >= 4 is 12.4 Å². The third-order valence-electron chi connectivity index (χ3n) is 3.51. The summed E-state index contributed by atoms with van der Waals surface area (Å²) in [5.41, 5.74) is 7.02. The lowest BCUT2D eigenvalue weighted by Crippen LogP contribution is -2.25. The molecule has 0 saturated carbocycles. The molecule has 4 heteroatoms. The Morgan fingerprint density at radius 1 is 1.00 bits per heavy atom. The molecule has 0 radical (unpaired) electrons. The zero-order valence-electron chi connectivity index (χ0n) is 12.8. The van der Waals surface area contributed by atoms with Crippen molar-refractivity contribution in [1.29, 1.82) is 0 Å². The molecule has 2 aromatic rings. The van der Waals surface area contributed by atoms with Crippen LogP contribution < -0.4 is 10.5 Å². The highest BCUT2D eigenvalue weighted by molar-refractivity contribution is 5.85. The Balaban J connectivity index is 0.00000242. The van der Waals surface area contributed by atoms with Gasteiger partial charge in [0.15, 0.2) is 0 Å². The molecule has 3 N–H and O–H groups in total. The average molecular weight is 322 g/mol. The minimum absolute atomic E-state index is 0. The first-order chi connectivity index (χ1) is 10.2. The van der Waals surface area contributed by atoms with Gasteiger partial charge in [0.25, 0.3) is 0 Å². The minimum Gasteiger partial charge on any atom is -0.457 e. The predicted octanol–water partition coefficient (Wildman–Crippen LogP) is 4.45. The smallest absolute Gasteiger partial charge is 0.127 e. The summed E-state index contributed by atoms with van der Waals surface area (Å²) in [6, 6.07) is 16.9. The number of halogens is 1. The highest BCUT2D eigenvalue weighted by atomic mass is 35.5. The molecule has 0 bridgehead atoms. The SMILES string of the molecule is CCCC[C@H](O)[C@H](N)c1ccc(Oc2ccccc2)cc1.Cl. The number of rotatable bonds is 7. The lowest BCUT2D eigenvalue weighted by atomic mass is 9.98. The van der Waals surface area contributed by atoms with Gasteiger partial charge in [-0.25, -0.2) is 0 Å². The third kappa shape index (κ3) is 5.34. The zero-order chi connectivity index (χ0) is 15.1. The van der Waals surface area contributed by atoms with Gasteiger partial charge in [0.1, 0.15) is 11.5 Å². The Hall–Kier alpha value is -1.55. The lowest BCUT2D eigenvalue weighted by Gasteiger charge is -2.19. The van der Waals surface area contributed by atoms with Crippen molar-refractivity contribution in [1.82, 2.24) is 0 Å². The number of hydrogen-bond donors (Lipinski definition) is 2. The van der Waals surface area contributed by atoms with Crippen LogP contribution in [0.1, 0.15) is 37.8 Å². The highest BCUT2D eigenvalue weighted by Crippen LogP contribution is 2.24. The fraction of sp³-hybridized carbons (Fsp3) is 0.333. The van der Waals surface area contributed by atoms with Crippen molar-refractivity contribution in [2.24, 2.45) is 5.73 Å². The normalized spacial score (nSPS) is 13.0. The Labute approximate surface area is 138 Å². The standard InChI is InChI=1S/C18H23NO2.ClH/c1-2-3-9-17(20)18(19)14-10-12-16(13-11-14)21-15-7-5-4-6-8-15;/h4-8,10-13,17-18,20H,2-3,9,19H2,1H3;1H/t17-,18+;/m0./s1. The molecule has 0 aliphatic heterocycles. The Kier molecular flexibility index (Phi) is 7.96. The van der Waals surface area contributed by atoms with Gasteiger partial charge in [-0.2, -0.15) is 0 Å². The molecule has 2 rings (SSSR count). The van der Waals surface area contributed by atoms with E-state index in [2.05, 4.69) is 6.92 Å². The van der Waals surface area contributed by atoms with Crippen molar-refractivity contribution < 1.29 is 9.84 Å².